The van der Waals surface area contributed by atoms with E-state index in [2.05, 4.69) is 17.2 Å². The number of pyridine rings is 1. The van der Waals surface area contributed by atoms with Gasteiger partial charge in [-0.1, -0.05) is 19.3 Å². The number of nitrogens with two attached hydrogens (primary N) is 1. The number of nitrogens with zero attached hydrogens (tertiary/aromatic N) is 1. The number of nitrogens with one attached hydrogen (secondary N) is 1. The molecule has 3 heteroatoms. The summed E-state index contributed by atoms with van der Waals surface area (Å²) in [6.07, 6.45) is 8.20. The van der Waals surface area contributed by atoms with Gasteiger partial charge in [0.25, 0.3) is 0 Å². The molecule has 0 amide bonds. The van der Waals surface area contributed by atoms with Gasteiger partial charge >= 0.3 is 0 Å². The van der Waals surface area contributed by atoms with Crippen molar-refractivity contribution in [2.75, 3.05) is 11.1 Å². The molecule has 0 spiro atoms. The zero-order valence-corrected chi connectivity index (χ0v) is 10.2. The van der Waals surface area contributed by atoms with E-state index in [1.165, 1.54) is 32.1 Å². The molecule has 0 aliphatic heterocycles. The molecule has 1 aliphatic carbocycles. The van der Waals surface area contributed by atoms with E-state index in [4.69, 9.17) is 5.73 Å². The van der Waals surface area contributed by atoms with Crippen LogP contribution in [0.5, 0.6) is 0 Å². The Morgan fingerprint density at radius 1 is 1.31 bits per heavy atom. The van der Waals surface area contributed by atoms with Crippen molar-refractivity contribution in [2.24, 2.45) is 0 Å². The van der Waals surface area contributed by atoms with Gasteiger partial charge in [-0.3, -0.25) is 0 Å². The highest BCUT2D eigenvalue weighted by Crippen LogP contribution is 2.32. The normalized spacial score (nSPS) is 19.4. The van der Waals surface area contributed by atoms with Gasteiger partial charge in [0.05, 0.1) is 5.69 Å². The Kier molecular flexibility index (Phi) is 3.03. The second-order valence-electron chi connectivity index (χ2n) is 5.14. The summed E-state index contributed by atoms with van der Waals surface area (Å²) in [5, 5.41) is 3.53. The molecule has 0 radical (unpaired) electrons. The maximum Gasteiger partial charge on any atom is 0.149 e. The van der Waals surface area contributed by atoms with Crippen molar-refractivity contribution < 1.29 is 0 Å². The minimum atomic E-state index is 0.174. The molecular weight excluding hydrogens is 198 g/mol. The Morgan fingerprint density at radius 3 is 2.69 bits per heavy atom. The van der Waals surface area contributed by atoms with Crippen LogP contribution >= 0.6 is 0 Å². The third-order valence-electron chi connectivity index (χ3n) is 3.59. The van der Waals surface area contributed by atoms with Crippen molar-refractivity contribution in [3.8, 4) is 0 Å². The predicted molar refractivity (Wildman–Crippen MR) is 68.5 cm³/mol. The molecule has 0 aromatic carbocycles. The molecule has 1 saturated carbocycles. The van der Waals surface area contributed by atoms with E-state index in [0.29, 0.717) is 0 Å². The number of aryl methyl sites for hydroxylation is 1. The average Bonchev–Trinajstić information content (AvgIpc) is 2.26. The van der Waals surface area contributed by atoms with Gasteiger partial charge in [-0.05, 0) is 38.3 Å². The largest absolute Gasteiger partial charge is 0.396 e. The summed E-state index contributed by atoms with van der Waals surface area (Å²) < 4.78 is 0. The quantitative estimate of drug-likeness (QED) is 0.803. The second kappa shape index (κ2) is 4.32. The first kappa shape index (κ1) is 11.2. The fourth-order valence-electron chi connectivity index (χ4n) is 2.41. The van der Waals surface area contributed by atoms with E-state index in [0.717, 1.165) is 17.1 Å². The summed E-state index contributed by atoms with van der Waals surface area (Å²) in [5.41, 5.74) is 8.09. The topological polar surface area (TPSA) is 50.9 Å². The van der Waals surface area contributed by atoms with Gasteiger partial charge in [0.2, 0.25) is 0 Å². The fraction of sp³-hybridized carbons (Fsp3) is 0.615. The second-order valence-corrected chi connectivity index (χ2v) is 5.14. The first-order valence-electron chi connectivity index (χ1n) is 6.10. The summed E-state index contributed by atoms with van der Waals surface area (Å²) in [4.78, 5) is 4.34. The lowest BCUT2D eigenvalue weighted by molar-refractivity contribution is 0.348. The number of rotatable bonds is 2. The Balaban J connectivity index is 2.16. The maximum atomic E-state index is 6.03. The van der Waals surface area contributed by atoms with Crippen LogP contribution in [0.4, 0.5) is 11.5 Å². The molecule has 1 aliphatic rings. The van der Waals surface area contributed by atoms with Gasteiger partial charge in [0.15, 0.2) is 0 Å². The number of nitrogen functional groups attached to an aromatic ring is 1. The number of anilines is 2. The highest BCUT2D eigenvalue weighted by atomic mass is 15.1. The summed E-state index contributed by atoms with van der Waals surface area (Å²) in [5.74, 6) is 0.851. The predicted octanol–water partition coefficient (Wildman–Crippen LogP) is 3.11. The van der Waals surface area contributed by atoms with E-state index in [1.54, 1.807) is 0 Å². The van der Waals surface area contributed by atoms with Gasteiger partial charge in [0.1, 0.15) is 5.82 Å². The van der Waals surface area contributed by atoms with Crippen LogP contribution in [0.1, 0.15) is 44.6 Å². The molecule has 0 atom stereocenters. The maximum absolute atomic E-state index is 6.03. The minimum Gasteiger partial charge on any atom is -0.396 e. The lowest BCUT2D eigenvalue weighted by Crippen LogP contribution is -2.37. The van der Waals surface area contributed by atoms with Crippen LogP contribution in [0.25, 0.3) is 0 Å². The Bertz CT molecular complexity index is 367. The minimum absolute atomic E-state index is 0.174. The Labute approximate surface area is 97.5 Å². The van der Waals surface area contributed by atoms with Crippen LogP contribution in [0.3, 0.4) is 0 Å². The van der Waals surface area contributed by atoms with Crippen LogP contribution in [0.2, 0.25) is 0 Å². The fourth-order valence-corrected chi connectivity index (χ4v) is 2.41. The standard InChI is InChI=1S/C13H21N3/c1-10-6-9-15-12(11(10)14)16-13(2)7-4-3-5-8-13/h6,9H,3-5,7-8,14H2,1-2H3,(H,15,16). The number of hydrogen-bond donors (Lipinski definition) is 2. The molecular formula is C13H21N3. The highest BCUT2D eigenvalue weighted by Gasteiger charge is 2.27. The molecule has 1 aromatic heterocycles. The molecule has 0 bridgehead atoms. The molecule has 1 heterocycles. The van der Waals surface area contributed by atoms with E-state index >= 15 is 0 Å². The molecule has 1 aromatic rings. The van der Waals surface area contributed by atoms with Crippen LogP contribution in [0.15, 0.2) is 12.3 Å². The van der Waals surface area contributed by atoms with Gasteiger partial charge in [-0.25, -0.2) is 4.98 Å². The van der Waals surface area contributed by atoms with Crippen LogP contribution in [0, 0.1) is 6.92 Å². The van der Waals surface area contributed by atoms with Crippen LogP contribution in [-0.4, -0.2) is 10.5 Å². The summed E-state index contributed by atoms with van der Waals surface area (Å²) in [6.45, 7) is 4.29. The molecule has 1 fully saturated rings. The van der Waals surface area contributed by atoms with Crippen molar-refractivity contribution in [1.29, 1.82) is 0 Å². The van der Waals surface area contributed by atoms with Gasteiger partial charge in [0, 0.05) is 11.7 Å². The van der Waals surface area contributed by atoms with Crippen molar-refractivity contribution in [1.82, 2.24) is 4.98 Å². The molecule has 0 saturated heterocycles. The molecule has 3 N–H and O–H groups in total. The van der Waals surface area contributed by atoms with Crippen molar-refractivity contribution in [3.05, 3.63) is 17.8 Å². The Hall–Kier alpha value is -1.25. The van der Waals surface area contributed by atoms with Crippen molar-refractivity contribution >= 4 is 11.5 Å². The third kappa shape index (κ3) is 2.29. The molecule has 88 valence electrons. The van der Waals surface area contributed by atoms with Gasteiger partial charge in [-0.15, -0.1) is 0 Å². The zero-order valence-electron chi connectivity index (χ0n) is 10.2. The Morgan fingerprint density at radius 2 is 2.00 bits per heavy atom. The molecule has 2 rings (SSSR count). The SMILES string of the molecule is Cc1ccnc(NC2(C)CCCCC2)c1N. The van der Waals surface area contributed by atoms with Gasteiger partial charge < -0.3 is 11.1 Å². The molecule has 0 unspecified atom stereocenters. The first-order valence-corrected chi connectivity index (χ1v) is 6.10. The van der Waals surface area contributed by atoms with Crippen molar-refractivity contribution in [2.45, 2.75) is 51.5 Å². The number of aromatic nitrogens is 1. The summed E-state index contributed by atoms with van der Waals surface area (Å²) in [6, 6.07) is 1.95. The monoisotopic (exact) mass is 219 g/mol. The summed E-state index contributed by atoms with van der Waals surface area (Å²) >= 11 is 0. The molecule has 3 nitrogen and oxygen atoms in total. The van der Waals surface area contributed by atoms with E-state index in [-0.39, 0.29) is 5.54 Å². The molecule has 16 heavy (non-hydrogen) atoms. The van der Waals surface area contributed by atoms with Crippen LogP contribution in [-0.2, 0) is 0 Å². The smallest absolute Gasteiger partial charge is 0.149 e. The van der Waals surface area contributed by atoms with E-state index in [9.17, 15) is 0 Å². The van der Waals surface area contributed by atoms with E-state index < -0.39 is 0 Å². The van der Waals surface area contributed by atoms with Gasteiger partial charge in [-0.2, -0.15) is 0 Å². The van der Waals surface area contributed by atoms with Crippen LogP contribution < -0.4 is 11.1 Å². The third-order valence-corrected chi connectivity index (χ3v) is 3.59. The number of hydrogen-bond acceptors (Lipinski definition) is 3. The average molecular weight is 219 g/mol. The zero-order chi connectivity index (χ0) is 11.6. The first-order chi connectivity index (χ1) is 7.61. The summed E-state index contributed by atoms with van der Waals surface area (Å²) in [7, 11) is 0. The lowest BCUT2D eigenvalue weighted by Gasteiger charge is -2.35. The van der Waals surface area contributed by atoms with Crippen molar-refractivity contribution in [3.63, 3.8) is 0 Å². The van der Waals surface area contributed by atoms with E-state index in [1.807, 2.05) is 19.2 Å². The lowest BCUT2D eigenvalue weighted by atomic mass is 9.83. The highest BCUT2D eigenvalue weighted by molar-refractivity contribution is 5.65.